The summed E-state index contributed by atoms with van der Waals surface area (Å²) in [7, 11) is 0. The fraction of sp³-hybridized carbons (Fsp3) is 0.500. The van der Waals surface area contributed by atoms with E-state index >= 15 is 0 Å². The van der Waals surface area contributed by atoms with E-state index < -0.39 is 5.97 Å². The number of nitrogens with zero attached hydrogens (tertiary/aromatic N) is 1. The van der Waals surface area contributed by atoms with Gasteiger partial charge in [-0.2, -0.15) is 0 Å². The molecule has 0 amide bonds. The molecule has 0 spiro atoms. The van der Waals surface area contributed by atoms with Gasteiger partial charge in [0.1, 0.15) is 6.04 Å². The number of carboxylic acids is 1. The lowest BCUT2D eigenvalue weighted by Gasteiger charge is -2.28. The first-order valence-corrected chi connectivity index (χ1v) is 6.25. The Morgan fingerprint density at radius 2 is 2.06 bits per heavy atom. The molecule has 0 bridgehead atoms. The van der Waals surface area contributed by atoms with Crippen LogP contribution in [0.2, 0.25) is 0 Å². The highest BCUT2D eigenvalue weighted by Crippen LogP contribution is 2.31. The van der Waals surface area contributed by atoms with E-state index in [1.807, 2.05) is 25.1 Å². The molecular formula is C14H19NO2. The molecule has 1 aromatic rings. The van der Waals surface area contributed by atoms with Crippen LogP contribution in [-0.4, -0.2) is 28.1 Å². The van der Waals surface area contributed by atoms with Crippen LogP contribution in [0.4, 0.5) is 0 Å². The van der Waals surface area contributed by atoms with Gasteiger partial charge < -0.3 is 5.11 Å². The molecule has 0 aromatic heterocycles. The molecule has 1 fully saturated rings. The molecule has 17 heavy (non-hydrogen) atoms. The van der Waals surface area contributed by atoms with Crippen molar-refractivity contribution in [3.05, 3.63) is 35.9 Å². The van der Waals surface area contributed by atoms with Crippen LogP contribution in [0.5, 0.6) is 0 Å². The predicted octanol–water partition coefficient (Wildman–Crippen LogP) is 2.51. The topological polar surface area (TPSA) is 40.5 Å². The molecular weight excluding hydrogens is 214 g/mol. The number of carbonyl (C=O) groups is 1. The van der Waals surface area contributed by atoms with Crippen molar-refractivity contribution in [1.82, 2.24) is 4.90 Å². The van der Waals surface area contributed by atoms with E-state index in [0.717, 1.165) is 19.4 Å². The molecule has 92 valence electrons. The quantitative estimate of drug-likeness (QED) is 0.820. The summed E-state index contributed by atoms with van der Waals surface area (Å²) in [5.74, 6) is -0.699. The van der Waals surface area contributed by atoms with Gasteiger partial charge in [-0.25, -0.2) is 0 Å². The predicted molar refractivity (Wildman–Crippen MR) is 66.7 cm³/mol. The molecule has 1 unspecified atom stereocenters. The average molecular weight is 233 g/mol. The minimum absolute atomic E-state index is 0.345. The van der Waals surface area contributed by atoms with Gasteiger partial charge in [-0.05, 0) is 24.8 Å². The molecule has 0 aliphatic heterocycles. The third-order valence-electron chi connectivity index (χ3n) is 3.30. The van der Waals surface area contributed by atoms with Gasteiger partial charge in [0, 0.05) is 12.6 Å². The molecule has 2 rings (SSSR count). The Bertz CT molecular complexity index is 373. The largest absolute Gasteiger partial charge is 0.480 e. The van der Waals surface area contributed by atoms with Crippen molar-refractivity contribution in [2.24, 2.45) is 0 Å². The van der Waals surface area contributed by atoms with Gasteiger partial charge >= 0.3 is 5.97 Å². The van der Waals surface area contributed by atoms with Gasteiger partial charge in [-0.15, -0.1) is 0 Å². The van der Waals surface area contributed by atoms with Crippen molar-refractivity contribution in [3.63, 3.8) is 0 Å². The molecule has 1 atom stereocenters. The van der Waals surface area contributed by atoms with Crippen LogP contribution in [0.1, 0.15) is 31.7 Å². The zero-order chi connectivity index (χ0) is 12.3. The highest BCUT2D eigenvalue weighted by atomic mass is 16.4. The summed E-state index contributed by atoms with van der Waals surface area (Å²) in [6.07, 6.45) is 2.94. The van der Waals surface area contributed by atoms with Gasteiger partial charge in [-0.1, -0.05) is 37.3 Å². The number of carboxylic acid groups (broad SMARTS) is 1. The van der Waals surface area contributed by atoms with Crippen molar-refractivity contribution in [2.75, 3.05) is 0 Å². The van der Waals surface area contributed by atoms with Crippen molar-refractivity contribution in [2.45, 2.75) is 44.8 Å². The monoisotopic (exact) mass is 233 g/mol. The first-order valence-electron chi connectivity index (χ1n) is 6.25. The Balaban J connectivity index is 2.09. The molecule has 3 heteroatoms. The molecule has 0 saturated heterocycles. The zero-order valence-electron chi connectivity index (χ0n) is 10.2. The van der Waals surface area contributed by atoms with E-state index in [0.29, 0.717) is 12.5 Å². The summed E-state index contributed by atoms with van der Waals surface area (Å²) < 4.78 is 0. The second kappa shape index (κ2) is 5.32. The normalized spacial score (nSPS) is 17.1. The summed E-state index contributed by atoms with van der Waals surface area (Å²) in [4.78, 5) is 13.4. The van der Waals surface area contributed by atoms with Crippen LogP contribution in [0.25, 0.3) is 0 Å². The Morgan fingerprint density at radius 3 is 2.53 bits per heavy atom. The highest BCUT2D eigenvalue weighted by molar-refractivity contribution is 5.73. The van der Waals surface area contributed by atoms with Crippen molar-refractivity contribution >= 4 is 5.97 Å². The van der Waals surface area contributed by atoms with Crippen LogP contribution >= 0.6 is 0 Å². The standard InChI is InChI=1S/C14H19NO2/c1-2-13(14(16)17)15(12-8-9-12)10-11-6-4-3-5-7-11/h3-7,12-13H,2,8-10H2,1H3,(H,16,17). The van der Waals surface area contributed by atoms with E-state index in [1.54, 1.807) is 0 Å². The minimum Gasteiger partial charge on any atom is -0.480 e. The van der Waals surface area contributed by atoms with E-state index in [9.17, 15) is 9.90 Å². The van der Waals surface area contributed by atoms with Crippen molar-refractivity contribution in [1.29, 1.82) is 0 Å². The number of benzene rings is 1. The van der Waals surface area contributed by atoms with Crippen LogP contribution < -0.4 is 0 Å². The van der Waals surface area contributed by atoms with Crippen LogP contribution in [0, 0.1) is 0 Å². The van der Waals surface area contributed by atoms with Crippen molar-refractivity contribution < 1.29 is 9.90 Å². The summed E-state index contributed by atoms with van der Waals surface area (Å²) in [5, 5.41) is 9.26. The molecule has 3 nitrogen and oxygen atoms in total. The maximum Gasteiger partial charge on any atom is 0.320 e. The Morgan fingerprint density at radius 1 is 1.41 bits per heavy atom. The number of rotatable bonds is 6. The van der Waals surface area contributed by atoms with Gasteiger partial charge in [0.15, 0.2) is 0 Å². The minimum atomic E-state index is -0.699. The lowest BCUT2D eigenvalue weighted by molar-refractivity contribution is -0.144. The molecule has 1 aliphatic rings. The van der Waals surface area contributed by atoms with E-state index in [-0.39, 0.29) is 6.04 Å². The second-order valence-electron chi connectivity index (χ2n) is 4.65. The molecule has 0 heterocycles. The fourth-order valence-electron chi connectivity index (χ4n) is 2.25. The third kappa shape index (κ3) is 3.07. The lowest BCUT2D eigenvalue weighted by Crippen LogP contribution is -2.41. The molecule has 0 radical (unpaired) electrons. The summed E-state index contributed by atoms with van der Waals surface area (Å²) >= 11 is 0. The van der Waals surface area contributed by atoms with Crippen molar-refractivity contribution in [3.8, 4) is 0 Å². The molecule has 1 N–H and O–H groups in total. The molecule has 1 aliphatic carbocycles. The summed E-state index contributed by atoms with van der Waals surface area (Å²) in [5.41, 5.74) is 1.19. The number of hydrogen-bond donors (Lipinski definition) is 1. The first kappa shape index (κ1) is 12.1. The fourth-order valence-corrected chi connectivity index (χ4v) is 2.25. The van der Waals surface area contributed by atoms with Gasteiger partial charge in [0.05, 0.1) is 0 Å². The number of aliphatic carboxylic acids is 1. The summed E-state index contributed by atoms with van der Waals surface area (Å²) in [6.45, 7) is 2.69. The maximum atomic E-state index is 11.3. The number of hydrogen-bond acceptors (Lipinski definition) is 2. The smallest absolute Gasteiger partial charge is 0.320 e. The van der Waals surface area contributed by atoms with E-state index in [2.05, 4.69) is 17.0 Å². The van der Waals surface area contributed by atoms with Crippen LogP contribution in [0.15, 0.2) is 30.3 Å². The van der Waals surface area contributed by atoms with E-state index in [1.165, 1.54) is 5.56 Å². The molecule has 1 aromatic carbocycles. The van der Waals surface area contributed by atoms with Gasteiger partial charge in [-0.3, -0.25) is 9.69 Å². The van der Waals surface area contributed by atoms with Crippen LogP contribution in [0.3, 0.4) is 0 Å². The van der Waals surface area contributed by atoms with Gasteiger partial charge in [0.25, 0.3) is 0 Å². The maximum absolute atomic E-state index is 11.3. The highest BCUT2D eigenvalue weighted by Gasteiger charge is 2.36. The SMILES string of the molecule is CCC(C(=O)O)N(Cc1ccccc1)C1CC1. The zero-order valence-corrected chi connectivity index (χ0v) is 10.2. The van der Waals surface area contributed by atoms with E-state index in [4.69, 9.17) is 0 Å². The second-order valence-corrected chi connectivity index (χ2v) is 4.65. The first-order chi connectivity index (χ1) is 8.22. The Kier molecular flexibility index (Phi) is 3.79. The Hall–Kier alpha value is -1.35. The lowest BCUT2D eigenvalue weighted by atomic mass is 10.1. The van der Waals surface area contributed by atoms with Gasteiger partial charge in [0.2, 0.25) is 0 Å². The average Bonchev–Trinajstić information content (AvgIpc) is 3.13. The third-order valence-corrected chi connectivity index (χ3v) is 3.30. The molecule has 1 saturated carbocycles. The van der Waals surface area contributed by atoms with Crippen LogP contribution in [-0.2, 0) is 11.3 Å². The summed E-state index contributed by atoms with van der Waals surface area (Å²) in [6, 6.07) is 10.2. The Labute approximate surface area is 102 Å².